The van der Waals surface area contributed by atoms with E-state index in [4.69, 9.17) is 0 Å². The van der Waals surface area contributed by atoms with Gasteiger partial charge in [0.1, 0.15) is 18.0 Å². The Morgan fingerprint density at radius 1 is 1.14 bits per heavy atom. The molecule has 2 heterocycles. The Kier molecular flexibility index (Phi) is 5.80. The summed E-state index contributed by atoms with van der Waals surface area (Å²) in [7, 11) is 0. The molecule has 2 aromatic rings. The first-order valence-corrected chi connectivity index (χ1v) is 7.63. The summed E-state index contributed by atoms with van der Waals surface area (Å²) in [6.07, 6.45) is 8.22. The zero-order chi connectivity index (χ0) is 15.1. The lowest BCUT2D eigenvalue weighted by Gasteiger charge is -2.17. The molecule has 0 aliphatic heterocycles. The third-order valence-corrected chi connectivity index (χ3v) is 3.27. The van der Waals surface area contributed by atoms with Crippen molar-refractivity contribution in [1.29, 1.82) is 0 Å². The first kappa shape index (κ1) is 15.6. The lowest BCUT2D eigenvalue weighted by molar-refractivity contribution is 0.471. The van der Waals surface area contributed by atoms with Crippen LogP contribution in [-0.4, -0.2) is 31.3 Å². The quantitative estimate of drug-likeness (QED) is 0.805. The Morgan fingerprint density at radius 3 is 2.57 bits per heavy atom. The number of hydrogen-bond donors (Lipinski definition) is 1. The van der Waals surface area contributed by atoms with Crippen LogP contribution in [0.15, 0.2) is 18.7 Å². The van der Waals surface area contributed by atoms with Gasteiger partial charge in [0.25, 0.3) is 0 Å². The third kappa shape index (κ3) is 4.32. The van der Waals surface area contributed by atoms with Crippen molar-refractivity contribution in [3.05, 3.63) is 35.9 Å². The van der Waals surface area contributed by atoms with Crippen LogP contribution in [0.25, 0.3) is 0 Å². The third-order valence-electron chi connectivity index (χ3n) is 3.27. The van der Waals surface area contributed by atoms with Crippen LogP contribution in [0.1, 0.15) is 49.9 Å². The summed E-state index contributed by atoms with van der Waals surface area (Å²) in [5.74, 6) is 1.80. The van der Waals surface area contributed by atoms with Crippen molar-refractivity contribution in [2.75, 3.05) is 6.54 Å². The van der Waals surface area contributed by atoms with Crippen LogP contribution < -0.4 is 5.32 Å². The van der Waals surface area contributed by atoms with E-state index in [1.54, 1.807) is 6.33 Å². The van der Waals surface area contributed by atoms with Gasteiger partial charge in [0, 0.05) is 25.4 Å². The number of nitrogens with one attached hydrogen (secondary N) is 1. The average Bonchev–Trinajstić information content (AvgIpc) is 2.92. The standard InChI is InChI=1S/C15H24N6/c1-4-6-16-13(15-17-9-12(3)10-18-15)8-14-19-11-20-21(14)7-5-2/h9-11,13,16H,4-8H2,1-3H3. The first-order valence-electron chi connectivity index (χ1n) is 7.63. The van der Waals surface area contributed by atoms with Crippen molar-refractivity contribution in [2.45, 2.75) is 52.6 Å². The van der Waals surface area contributed by atoms with Crippen molar-refractivity contribution in [2.24, 2.45) is 0 Å². The largest absolute Gasteiger partial charge is 0.307 e. The van der Waals surface area contributed by atoms with Crippen LogP contribution in [-0.2, 0) is 13.0 Å². The number of nitrogens with zero attached hydrogens (tertiary/aromatic N) is 5. The van der Waals surface area contributed by atoms with Crippen LogP contribution in [0.5, 0.6) is 0 Å². The highest BCUT2D eigenvalue weighted by molar-refractivity contribution is 5.06. The molecule has 1 atom stereocenters. The summed E-state index contributed by atoms with van der Waals surface area (Å²) in [6.45, 7) is 8.12. The predicted molar refractivity (Wildman–Crippen MR) is 81.8 cm³/mol. The summed E-state index contributed by atoms with van der Waals surface area (Å²) in [5.41, 5.74) is 1.07. The van der Waals surface area contributed by atoms with E-state index in [-0.39, 0.29) is 6.04 Å². The molecule has 1 N–H and O–H groups in total. The Balaban J connectivity index is 2.15. The van der Waals surface area contributed by atoms with Gasteiger partial charge in [-0.15, -0.1) is 0 Å². The van der Waals surface area contributed by atoms with Crippen LogP contribution in [0.3, 0.4) is 0 Å². The molecule has 21 heavy (non-hydrogen) atoms. The van der Waals surface area contributed by atoms with Crippen molar-refractivity contribution in [3.63, 3.8) is 0 Å². The molecule has 6 nitrogen and oxygen atoms in total. The van der Waals surface area contributed by atoms with Crippen LogP contribution in [0, 0.1) is 6.92 Å². The van der Waals surface area contributed by atoms with E-state index in [2.05, 4.69) is 39.2 Å². The average molecular weight is 288 g/mol. The normalized spacial score (nSPS) is 12.5. The molecule has 0 aromatic carbocycles. The summed E-state index contributed by atoms with van der Waals surface area (Å²) in [5, 5.41) is 7.79. The summed E-state index contributed by atoms with van der Waals surface area (Å²) >= 11 is 0. The highest BCUT2D eigenvalue weighted by atomic mass is 15.3. The second kappa shape index (κ2) is 7.83. The molecule has 2 aromatic heterocycles. The molecule has 0 saturated heterocycles. The van der Waals surface area contributed by atoms with Gasteiger partial charge in [-0.05, 0) is 31.9 Å². The van der Waals surface area contributed by atoms with E-state index in [9.17, 15) is 0 Å². The lowest BCUT2D eigenvalue weighted by Crippen LogP contribution is -2.27. The van der Waals surface area contributed by atoms with Crippen molar-refractivity contribution in [1.82, 2.24) is 30.0 Å². The van der Waals surface area contributed by atoms with Crippen LogP contribution in [0.4, 0.5) is 0 Å². The Morgan fingerprint density at radius 2 is 1.90 bits per heavy atom. The van der Waals surface area contributed by atoms with E-state index in [0.29, 0.717) is 0 Å². The van der Waals surface area contributed by atoms with E-state index in [0.717, 1.165) is 49.6 Å². The van der Waals surface area contributed by atoms with Crippen molar-refractivity contribution < 1.29 is 0 Å². The predicted octanol–water partition coefficient (Wildman–Crippen LogP) is 2.07. The highest BCUT2D eigenvalue weighted by Crippen LogP contribution is 2.14. The van der Waals surface area contributed by atoms with E-state index < -0.39 is 0 Å². The monoisotopic (exact) mass is 288 g/mol. The number of aryl methyl sites for hydroxylation is 2. The fraction of sp³-hybridized carbons (Fsp3) is 0.600. The smallest absolute Gasteiger partial charge is 0.145 e. The SMILES string of the molecule is CCCNC(Cc1ncnn1CCC)c1ncc(C)cn1. The second-order valence-corrected chi connectivity index (χ2v) is 5.23. The Labute approximate surface area is 126 Å². The molecular weight excluding hydrogens is 264 g/mol. The van der Waals surface area contributed by atoms with E-state index in [1.807, 2.05) is 24.0 Å². The van der Waals surface area contributed by atoms with E-state index in [1.165, 1.54) is 0 Å². The van der Waals surface area contributed by atoms with E-state index >= 15 is 0 Å². The van der Waals surface area contributed by atoms with Gasteiger partial charge in [0.15, 0.2) is 0 Å². The Bertz CT molecular complexity index is 533. The van der Waals surface area contributed by atoms with Crippen LogP contribution in [0.2, 0.25) is 0 Å². The van der Waals surface area contributed by atoms with Crippen LogP contribution >= 0.6 is 0 Å². The molecule has 0 saturated carbocycles. The maximum atomic E-state index is 4.46. The molecular formula is C15H24N6. The Hall–Kier alpha value is -1.82. The molecule has 6 heteroatoms. The molecule has 0 aliphatic rings. The van der Waals surface area contributed by atoms with Crippen molar-refractivity contribution in [3.8, 4) is 0 Å². The summed E-state index contributed by atoms with van der Waals surface area (Å²) in [6, 6.07) is 0.0744. The highest BCUT2D eigenvalue weighted by Gasteiger charge is 2.17. The van der Waals surface area contributed by atoms with Gasteiger partial charge in [-0.25, -0.2) is 15.0 Å². The molecule has 114 valence electrons. The molecule has 1 unspecified atom stereocenters. The molecule has 0 fully saturated rings. The molecule has 0 spiro atoms. The topological polar surface area (TPSA) is 68.5 Å². The van der Waals surface area contributed by atoms with Gasteiger partial charge in [0.05, 0.1) is 6.04 Å². The fourth-order valence-electron chi connectivity index (χ4n) is 2.18. The zero-order valence-corrected chi connectivity index (χ0v) is 13.1. The zero-order valence-electron chi connectivity index (χ0n) is 13.1. The molecule has 0 bridgehead atoms. The van der Waals surface area contributed by atoms with Gasteiger partial charge < -0.3 is 5.32 Å². The van der Waals surface area contributed by atoms with Gasteiger partial charge >= 0.3 is 0 Å². The number of rotatable bonds is 8. The van der Waals surface area contributed by atoms with Gasteiger partial charge in [-0.2, -0.15) is 5.10 Å². The number of aromatic nitrogens is 5. The van der Waals surface area contributed by atoms with Gasteiger partial charge in [-0.1, -0.05) is 13.8 Å². The molecule has 0 radical (unpaired) electrons. The molecule has 0 aliphatic carbocycles. The second-order valence-electron chi connectivity index (χ2n) is 5.23. The molecule has 0 amide bonds. The minimum atomic E-state index is 0.0744. The van der Waals surface area contributed by atoms with Gasteiger partial charge in [-0.3, -0.25) is 4.68 Å². The van der Waals surface area contributed by atoms with Gasteiger partial charge in [0.2, 0.25) is 0 Å². The lowest BCUT2D eigenvalue weighted by atomic mass is 10.1. The summed E-state index contributed by atoms with van der Waals surface area (Å²) < 4.78 is 1.97. The minimum absolute atomic E-state index is 0.0744. The minimum Gasteiger partial charge on any atom is -0.307 e. The maximum absolute atomic E-state index is 4.46. The maximum Gasteiger partial charge on any atom is 0.145 e. The van der Waals surface area contributed by atoms with Crippen molar-refractivity contribution >= 4 is 0 Å². The first-order chi connectivity index (χ1) is 10.2. The summed E-state index contributed by atoms with van der Waals surface area (Å²) in [4.78, 5) is 13.3. The fourth-order valence-corrected chi connectivity index (χ4v) is 2.18. The number of hydrogen-bond acceptors (Lipinski definition) is 5. The molecule has 2 rings (SSSR count).